The number of rotatable bonds is 3. The third-order valence-corrected chi connectivity index (χ3v) is 4.84. The monoisotopic (exact) mass is 298 g/mol. The number of amides is 1. The van der Waals surface area contributed by atoms with E-state index in [-0.39, 0.29) is 24.0 Å². The van der Waals surface area contributed by atoms with Crippen molar-refractivity contribution in [3.05, 3.63) is 0 Å². The highest BCUT2D eigenvalue weighted by Gasteiger charge is 2.43. The minimum atomic E-state index is -0.401. The summed E-state index contributed by atoms with van der Waals surface area (Å²) in [6, 6.07) is 0. The summed E-state index contributed by atoms with van der Waals surface area (Å²) in [6.45, 7) is 11.1. The van der Waals surface area contributed by atoms with Crippen molar-refractivity contribution in [1.29, 1.82) is 0 Å². The highest BCUT2D eigenvalue weighted by molar-refractivity contribution is 5.82. The number of morpholine rings is 1. The molecule has 21 heavy (non-hydrogen) atoms. The van der Waals surface area contributed by atoms with Gasteiger partial charge in [0.25, 0.3) is 0 Å². The Kier molecular flexibility index (Phi) is 4.96. The molecule has 2 aliphatic heterocycles. The van der Waals surface area contributed by atoms with E-state index in [1.807, 2.05) is 18.7 Å². The van der Waals surface area contributed by atoms with Crippen LogP contribution in [-0.4, -0.2) is 60.4 Å². The molecule has 5 nitrogen and oxygen atoms in total. The predicted molar refractivity (Wildman–Crippen MR) is 82.0 cm³/mol. The normalized spacial score (nSPS) is 30.2. The summed E-state index contributed by atoms with van der Waals surface area (Å²) in [4.78, 5) is 14.9. The summed E-state index contributed by atoms with van der Waals surface area (Å²) in [6.07, 6.45) is 1.95. The van der Waals surface area contributed by atoms with Crippen molar-refractivity contribution in [1.82, 2.24) is 10.2 Å². The third kappa shape index (κ3) is 3.76. The number of hydrogen-bond donors (Lipinski definition) is 2. The van der Waals surface area contributed by atoms with Crippen LogP contribution in [0.5, 0.6) is 0 Å². The van der Waals surface area contributed by atoms with Crippen LogP contribution in [0.15, 0.2) is 0 Å². The average Bonchev–Trinajstić information content (AvgIpc) is 2.45. The van der Waals surface area contributed by atoms with E-state index in [9.17, 15) is 9.90 Å². The first kappa shape index (κ1) is 16.7. The van der Waals surface area contributed by atoms with Crippen LogP contribution in [0, 0.1) is 11.3 Å². The maximum absolute atomic E-state index is 13.0. The van der Waals surface area contributed by atoms with Crippen molar-refractivity contribution in [3.8, 4) is 0 Å². The first-order valence-electron chi connectivity index (χ1n) is 8.05. The molecule has 0 spiro atoms. The van der Waals surface area contributed by atoms with Crippen LogP contribution < -0.4 is 5.32 Å². The predicted octanol–water partition coefficient (Wildman–Crippen LogP) is 1.01. The molecule has 122 valence electrons. The van der Waals surface area contributed by atoms with Crippen molar-refractivity contribution >= 4 is 5.91 Å². The number of carbonyl (C=O) groups excluding carboxylic acids is 1. The molecule has 0 aromatic carbocycles. The molecule has 2 atom stereocenters. The van der Waals surface area contributed by atoms with Crippen LogP contribution in [0.1, 0.15) is 40.5 Å². The van der Waals surface area contributed by atoms with E-state index in [1.54, 1.807) is 0 Å². The van der Waals surface area contributed by atoms with Gasteiger partial charge in [-0.3, -0.25) is 4.79 Å². The van der Waals surface area contributed by atoms with Gasteiger partial charge in [-0.25, -0.2) is 0 Å². The number of aliphatic hydroxyl groups is 1. The smallest absolute Gasteiger partial charge is 0.228 e. The lowest BCUT2D eigenvalue weighted by atomic mass is 9.73. The molecule has 2 fully saturated rings. The topological polar surface area (TPSA) is 61.8 Å². The van der Waals surface area contributed by atoms with Gasteiger partial charge in [-0.05, 0) is 45.7 Å². The summed E-state index contributed by atoms with van der Waals surface area (Å²) >= 11 is 0. The molecule has 2 saturated heterocycles. The Morgan fingerprint density at radius 3 is 2.76 bits per heavy atom. The zero-order valence-corrected chi connectivity index (χ0v) is 13.8. The Bertz CT molecular complexity index is 376. The fraction of sp³-hybridized carbons (Fsp3) is 0.938. The molecule has 2 heterocycles. The molecule has 0 aromatic heterocycles. The van der Waals surface area contributed by atoms with Crippen molar-refractivity contribution in [3.63, 3.8) is 0 Å². The highest BCUT2D eigenvalue weighted by Crippen LogP contribution is 2.35. The molecular weight excluding hydrogens is 268 g/mol. The minimum Gasteiger partial charge on any atom is -0.394 e. The molecule has 1 amide bonds. The van der Waals surface area contributed by atoms with Gasteiger partial charge in [0.05, 0.1) is 18.3 Å². The average molecular weight is 298 g/mol. The standard InChI is InChI=1S/C16H30N2O3/c1-15(2)11-18(9-13(10-19)21-15)14(20)16(3,4)12-6-5-7-17-8-12/h12-13,17,19H,5-11H2,1-4H3. The lowest BCUT2D eigenvalue weighted by molar-refractivity contribution is -0.175. The van der Waals surface area contributed by atoms with Crippen LogP contribution >= 0.6 is 0 Å². The second-order valence-electron chi connectivity index (χ2n) is 7.63. The van der Waals surface area contributed by atoms with Gasteiger partial charge in [0.1, 0.15) is 0 Å². The Morgan fingerprint density at radius 2 is 2.19 bits per heavy atom. The van der Waals surface area contributed by atoms with Gasteiger partial charge >= 0.3 is 0 Å². The molecule has 5 heteroatoms. The molecule has 0 radical (unpaired) electrons. The zero-order valence-electron chi connectivity index (χ0n) is 13.8. The van der Waals surface area contributed by atoms with Crippen molar-refractivity contribution < 1.29 is 14.6 Å². The first-order chi connectivity index (χ1) is 9.76. The number of aliphatic hydroxyl groups excluding tert-OH is 1. The van der Waals surface area contributed by atoms with E-state index < -0.39 is 5.60 Å². The second kappa shape index (κ2) is 6.23. The number of nitrogens with one attached hydrogen (secondary N) is 1. The maximum atomic E-state index is 13.0. The van der Waals surface area contributed by atoms with E-state index in [1.165, 1.54) is 0 Å². The Morgan fingerprint density at radius 1 is 1.48 bits per heavy atom. The lowest BCUT2D eigenvalue weighted by Crippen LogP contribution is -2.59. The summed E-state index contributed by atoms with van der Waals surface area (Å²) in [5, 5.41) is 12.8. The first-order valence-corrected chi connectivity index (χ1v) is 8.05. The van der Waals surface area contributed by atoms with Crippen LogP contribution in [0.4, 0.5) is 0 Å². The Hall–Kier alpha value is -0.650. The van der Waals surface area contributed by atoms with E-state index >= 15 is 0 Å². The van der Waals surface area contributed by atoms with E-state index in [2.05, 4.69) is 19.2 Å². The van der Waals surface area contributed by atoms with Gasteiger partial charge in [0, 0.05) is 18.5 Å². The summed E-state index contributed by atoms with van der Waals surface area (Å²) in [5.74, 6) is 0.559. The number of piperidine rings is 1. The Labute approximate surface area is 128 Å². The van der Waals surface area contributed by atoms with Gasteiger partial charge < -0.3 is 20.1 Å². The van der Waals surface area contributed by atoms with Gasteiger partial charge in [-0.15, -0.1) is 0 Å². The molecule has 0 aliphatic carbocycles. The van der Waals surface area contributed by atoms with E-state index in [0.717, 1.165) is 25.9 Å². The minimum absolute atomic E-state index is 0.0430. The van der Waals surface area contributed by atoms with Crippen LogP contribution in [0.25, 0.3) is 0 Å². The second-order valence-corrected chi connectivity index (χ2v) is 7.63. The van der Waals surface area contributed by atoms with Crippen molar-refractivity contribution in [2.45, 2.75) is 52.2 Å². The molecule has 2 rings (SSSR count). The molecule has 0 bridgehead atoms. The lowest BCUT2D eigenvalue weighted by Gasteiger charge is -2.46. The number of nitrogens with zero attached hydrogens (tertiary/aromatic N) is 1. The number of hydrogen-bond acceptors (Lipinski definition) is 4. The third-order valence-electron chi connectivity index (χ3n) is 4.84. The van der Waals surface area contributed by atoms with E-state index in [0.29, 0.717) is 19.0 Å². The highest BCUT2D eigenvalue weighted by atomic mass is 16.5. The Balaban J connectivity index is 2.09. The molecule has 0 saturated carbocycles. The summed E-state index contributed by atoms with van der Waals surface area (Å²) < 4.78 is 5.81. The SMILES string of the molecule is CC1(C)CN(C(=O)C(C)(C)C2CCCNC2)CC(CO)O1. The summed E-state index contributed by atoms with van der Waals surface area (Å²) in [7, 11) is 0. The maximum Gasteiger partial charge on any atom is 0.228 e. The molecule has 2 aliphatic rings. The van der Waals surface area contributed by atoms with Gasteiger partial charge in [0.2, 0.25) is 5.91 Å². The van der Waals surface area contributed by atoms with Crippen LogP contribution in [0.2, 0.25) is 0 Å². The molecule has 0 aromatic rings. The van der Waals surface area contributed by atoms with Crippen LogP contribution in [-0.2, 0) is 9.53 Å². The number of carbonyl (C=O) groups is 1. The largest absolute Gasteiger partial charge is 0.394 e. The van der Waals surface area contributed by atoms with Crippen LogP contribution in [0.3, 0.4) is 0 Å². The number of ether oxygens (including phenoxy) is 1. The van der Waals surface area contributed by atoms with Crippen molar-refractivity contribution in [2.75, 3.05) is 32.8 Å². The molecule has 2 N–H and O–H groups in total. The molecule has 2 unspecified atom stereocenters. The summed E-state index contributed by atoms with van der Waals surface area (Å²) in [5.41, 5.74) is -0.775. The van der Waals surface area contributed by atoms with Gasteiger partial charge in [-0.1, -0.05) is 13.8 Å². The fourth-order valence-corrected chi connectivity index (χ4v) is 3.60. The van der Waals surface area contributed by atoms with E-state index in [4.69, 9.17) is 4.74 Å². The fourth-order valence-electron chi connectivity index (χ4n) is 3.60. The van der Waals surface area contributed by atoms with Gasteiger partial charge in [0.15, 0.2) is 0 Å². The zero-order chi connectivity index (χ0) is 15.7. The quantitative estimate of drug-likeness (QED) is 0.816. The molecular formula is C16H30N2O3. The van der Waals surface area contributed by atoms with Gasteiger partial charge in [-0.2, -0.15) is 0 Å². The van der Waals surface area contributed by atoms with Crippen molar-refractivity contribution in [2.24, 2.45) is 11.3 Å².